The van der Waals surface area contributed by atoms with Crippen LogP contribution in [0.2, 0.25) is 0 Å². The normalized spacial score (nSPS) is 18.0. The third-order valence-corrected chi connectivity index (χ3v) is 3.73. The fourth-order valence-corrected chi connectivity index (χ4v) is 2.46. The molecule has 0 aromatic heterocycles. The maximum Gasteiger partial charge on any atom is 0.237 e. The Bertz CT molecular complexity index is 547. The summed E-state index contributed by atoms with van der Waals surface area (Å²) >= 11 is 1.26. The lowest BCUT2D eigenvalue weighted by Crippen LogP contribution is -2.58. The Hall–Kier alpha value is -1.90. The SMILES string of the molecule is CC(=O)c1ccc(NC(=O)CSC2NNCC(=O)N2)cc1. The van der Waals surface area contributed by atoms with Crippen LogP contribution in [0.1, 0.15) is 17.3 Å². The second-order valence-corrected chi connectivity index (χ2v) is 5.53. The minimum absolute atomic E-state index is 0.0185. The van der Waals surface area contributed by atoms with Gasteiger partial charge in [0.1, 0.15) is 5.50 Å². The molecular weight excluding hydrogens is 292 g/mol. The minimum Gasteiger partial charge on any atom is -0.330 e. The number of rotatable bonds is 5. The molecule has 2 amide bonds. The predicted molar refractivity (Wildman–Crippen MR) is 80.6 cm³/mol. The van der Waals surface area contributed by atoms with Gasteiger partial charge in [-0.2, -0.15) is 0 Å². The summed E-state index contributed by atoms with van der Waals surface area (Å²) in [5, 5.41) is 5.42. The first kappa shape index (κ1) is 15.5. The molecule has 1 aromatic rings. The zero-order valence-corrected chi connectivity index (χ0v) is 12.3. The molecule has 1 saturated heterocycles. The predicted octanol–water partition coefficient (Wildman–Crippen LogP) is 0.0685. The summed E-state index contributed by atoms with van der Waals surface area (Å²) in [6.45, 7) is 1.70. The van der Waals surface area contributed by atoms with E-state index in [1.54, 1.807) is 24.3 Å². The van der Waals surface area contributed by atoms with Crippen LogP contribution in [0.4, 0.5) is 5.69 Å². The maximum absolute atomic E-state index is 11.8. The van der Waals surface area contributed by atoms with Crippen molar-refractivity contribution in [2.24, 2.45) is 0 Å². The lowest BCUT2D eigenvalue weighted by Gasteiger charge is -2.24. The topological polar surface area (TPSA) is 99.3 Å². The van der Waals surface area contributed by atoms with Gasteiger partial charge < -0.3 is 10.6 Å². The summed E-state index contributed by atoms with van der Waals surface area (Å²) in [6, 6.07) is 6.69. The number of hydrogen-bond acceptors (Lipinski definition) is 6. The van der Waals surface area contributed by atoms with Gasteiger partial charge in [-0.1, -0.05) is 0 Å². The fraction of sp³-hybridized carbons (Fsp3) is 0.308. The van der Waals surface area contributed by atoms with Crippen molar-refractivity contribution >= 4 is 35.0 Å². The van der Waals surface area contributed by atoms with Crippen molar-refractivity contribution in [3.63, 3.8) is 0 Å². The molecule has 112 valence electrons. The first-order valence-corrected chi connectivity index (χ1v) is 7.39. The highest BCUT2D eigenvalue weighted by Crippen LogP contribution is 2.12. The minimum atomic E-state index is -0.336. The van der Waals surface area contributed by atoms with E-state index >= 15 is 0 Å². The van der Waals surface area contributed by atoms with Gasteiger partial charge >= 0.3 is 0 Å². The molecule has 0 saturated carbocycles. The number of carbonyl (C=O) groups is 3. The standard InChI is InChI=1S/C13H16N4O3S/c1-8(18)9-2-4-10(5-3-9)15-12(20)7-21-13-16-11(19)6-14-17-13/h2-5,13-14,17H,6-7H2,1H3,(H,15,20)(H,16,19). The van der Waals surface area contributed by atoms with Gasteiger partial charge in [0.2, 0.25) is 11.8 Å². The van der Waals surface area contributed by atoms with Crippen LogP contribution >= 0.6 is 11.8 Å². The number of benzene rings is 1. The Labute approximate surface area is 126 Å². The number of nitrogens with one attached hydrogen (secondary N) is 4. The molecule has 1 heterocycles. The molecule has 7 nitrogen and oxygen atoms in total. The van der Waals surface area contributed by atoms with Crippen molar-refractivity contribution in [1.29, 1.82) is 0 Å². The van der Waals surface area contributed by atoms with Crippen molar-refractivity contribution in [2.75, 3.05) is 17.6 Å². The summed E-state index contributed by atoms with van der Waals surface area (Å²) < 4.78 is 0. The molecule has 21 heavy (non-hydrogen) atoms. The van der Waals surface area contributed by atoms with Crippen molar-refractivity contribution in [1.82, 2.24) is 16.2 Å². The molecule has 1 aliphatic rings. The van der Waals surface area contributed by atoms with Crippen LogP contribution in [0.3, 0.4) is 0 Å². The molecule has 1 unspecified atom stereocenters. The van der Waals surface area contributed by atoms with E-state index in [4.69, 9.17) is 0 Å². The molecule has 0 aliphatic carbocycles. The second kappa shape index (κ2) is 7.21. The molecule has 0 radical (unpaired) electrons. The Kier molecular flexibility index (Phi) is 5.32. The summed E-state index contributed by atoms with van der Waals surface area (Å²) in [5.74, 6) is -0.132. The number of thioether (sulfide) groups is 1. The average Bonchev–Trinajstić information content (AvgIpc) is 2.46. The first-order valence-electron chi connectivity index (χ1n) is 6.35. The van der Waals surface area contributed by atoms with E-state index in [0.717, 1.165) is 0 Å². The number of ketones is 1. The third kappa shape index (κ3) is 4.85. The van der Waals surface area contributed by atoms with Gasteiger partial charge in [-0.25, -0.2) is 10.9 Å². The molecule has 2 rings (SSSR count). The van der Waals surface area contributed by atoms with Crippen molar-refractivity contribution in [2.45, 2.75) is 12.4 Å². The van der Waals surface area contributed by atoms with Crippen LogP contribution < -0.4 is 21.5 Å². The lowest BCUT2D eigenvalue weighted by molar-refractivity contribution is -0.122. The fourth-order valence-electron chi connectivity index (χ4n) is 1.69. The van der Waals surface area contributed by atoms with Crippen molar-refractivity contribution in [3.8, 4) is 0 Å². The zero-order valence-electron chi connectivity index (χ0n) is 11.4. The van der Waals surface area contributed by atoms with Gasteiger partial charge in [0.05, 0.1) is 12.3 Å². The van der Waals surface area contributed by atoms with Crippen LogP contribution in [0.25, 0.3) is 0 Å². The highest BCUT2D eigenvalue weighted by atomic mass is 32.2. The van der Waals surface area contributed by atoms with Gasteiger partial charge in [-0.3, -0.25) is 14.4 Å². The number of hydrazine groups is 1. The molecule has 1 atom stereocenters. The van der Waals surface area contributed by atoms with Gasteiger partial charge in [0.25, 0.3) is 0 Å². The van der Waals surface area contributed by atoms with Gasteiger partial charge in [-0.05, 0) is 31.2 Å². The van der Waals surface area contributed by atoms with Crippen LogP contribution in [0.5, 0.6) is 0 Å². The number of hydrogen-bond donors (Lipinski definition) is 4. The molecule has 1 aromatic carbocycles. The zero-order chi connectivity index (χ0) is 15.2. The number of amides is 2. The number of anilines is 1. The number of Topliss-reactive ketones (excluding diaryl/α,β-unsaturated/α-hetero) is 1. The Morgan fingerprint density at radius 1 is 1.33 bits per heavy atom. The second-order valence-electron chi connectivity index (χ2n) is 4.44. The molecule has 1 fully saturated rings. The van der Waals surface area contributed by atoms with E-state index in [2.05, 4.69) is 21.5 Å². The van der Waals surface area contributed by atoms with Crippen LogP contribution in [0, 0.1) is 0 Å². The largest absolute Gasteiger partial charge is 0.330 e. The first-order chi connectivity index (χ1) is 10.0. The van der Waals surface area contributed by atoms with E-state index < -0.39 is 0 Å². The summed E-state index contributed by atoms with van der Waals surface area (Å²) in [7, 11) is 0. The molecule has 0 bridgehead atoms. The van der Waals surface area contributed by atoms with E-state index in [-0.39, 0.29) is 35.4 Å². The molecule has 4 N–H and O–H groups in total. The Morgan fingerprint density at radius 2 is 2.05 bits per heavy atom. The van der Waals surface area contributed by atoms with Crippen LogP contribution in [-0.2, 0) is 9.59 Å². The van der Waals surface area contributed by atoms with Crippen molar-refractivity contribution < 1.29 is 14.4 Å². The van der Waals surface area contributed by atoms with Gasteiger partial charge in [-0.15, -0.1) is 11.8 Å². The molecule has 8 heteroatoms. The smallest absolute Gasteiger partial charge is 0.237 e. The molecule has 1 aliphatic heterocycles. The summed E-state index contributed by atoms with van der Waals surface area (Å²) in [4.78, 5) is 34.1. The third-order valence-electron chi connectivity index (χ3n) is 2.73. The van der Waals surface area contributed by atoms with E-state index in [9.17, 15) is 14.4 Å². The Morgan fingerprint density at radius 3 is 2.67 bits per heavy atom. The molecule has 0 spiro atoms. The summed E-state index contributed by atoms with van der Waals surface area (Å²) in [6.07, 6.45) is 0. The molecular formula is C13H16N4O3S. The van der Waals surface area contributed by atoms with Gasteiger partial charge in [0, 0.05) is 11.3 Å². The lowest BCUT2D eigenvalue weighted by atomic mass is 10.1. The number of carbonyl (C=O) groups excluding carboxylic acids is 3. The van der Waals surface area contributed by atoms with Crippen LogP contribution in [-0.4, -0.2) is 35.4 Å². The highest BCUT2D eigenvalue weighted by Gasteiger charge is 2.18. The van der Waals surface area contributed by atoms with E-state index in [0.29, 0.717) is 11.3 Å². The quantitative estimate of drug-likeness (QED) is 0.575. The van der Waals surface area contributed by atoms with E-state index in [1.165, 1.54) is 18.7 Å². The Balaban J connectivity index is 1.78. The van der Waals surface area contributed by atoms with Crippen molar-refractivity contribution in [3.05, 3.63) is 29.8 Å². The summed E-state index contributed by atoms with van der Waals surface area (Å²) in [5.41, 5.74) is 6.47. The van der Waals surface area contributed by atoms with Gasteiger partial charge in [0.15, 0.2) is 5.78 Å². The monoisotopic (exact) mass is 308 g/mol. The van der Waals surface area contributed by atoms with Crippen LogP contribution in [0.15, 0.2) is 24.3 Å². The van der Waals surface area contributed by atoms with E-state index in [1.807, 2.05) is 0 Å². The maximum atomic E-state index is 11.8. The highest BCUT2D eigenvalue weighted by molar-refractivity contribution is 8.00. The average molecular weight is 308 g/mol.